The third-order valence-electron chi connectivity index (χ3n) is 3.31. The van der Waals surface area contributed by atoms with E-state index in [2.05, 4.69) is 35.1 Å². The van der Waals surface area contributed by atoms with Gasteiger partial charge in [0.25, 0.3) is 0 Å². The SMILES string of the molecule is CC(C)(Nc1cccc(Br)c1C(N)=S)C1CC1. The summed E-state index contributed by atoms with van der Waals surface area (Å²) in [6, 6.07) is 5.99. The topological polar surface area (TPSA) is 38.0 Å². The summed E-state index contributed by atoms with van der Waals surface area (Å²) < 4.78 is 0.946. The van der Waals surface area contributed by atoms with Gasteiger partial charge in [0.1, 0.15) is 4.99 Å². The summed E-state index contributed by atoms with van der Waals surface area (Å²) >= 11 is 8.62. The van der Waals surface area contributed by atoms with E-state index in [1.54, 1.807) is 0 Å². The van der Waals surface area contributed by atoms with Gasteiger partial charge in [0, 0.05) is 21.3 Å². The summed E-state index contributed by atoms with van der Waals surface area (Å²) in [6.07, 6.45) is 2.60. The van der Waals surface area contributed by atoms with Gasteiger partial charge in [-0.1, -0.05) is 18.3 Å². The van der Waals surface area contributed by atoms with Crippen LogP contribution in [0.15, 0.2) is 22.7 Å². The van der Waals surface area contributed by atoms with E-state index in [0.717, 1.165) is 21.6 Å². The minimum absolute atomic E-state index is 0.0975. The Morgan fingerprint density at radius 2 is 2.12 bits per heavy atom. The van der Waals surface area contributed by atoms with Crippen molar-refractivity contribution in [3.05, 3.63) is 28.2 Å². The number of nitrogens with one attached hydrogen (secondary N) is 1. The smallest absolute Gasteiger partial charge is 0.107 e. The summed E-state index contributed by atoms with van der Waals surface area (Å²) in [5.41, 5.74) is 7.80. The van der Waals surface area contributed by atoms with Crippen LogP contribution in [0.5, 0.6) is 0 Å². The van der Waals surface area contributed by atoms with Crippen LogP contribution >= 0.6 is 28.1 Å². The van der Waals surface area contributed by atoms with E-state index in [1.165, 1.54) is 12.8 Å². The average molecular weight is 313 g/mol. The molecule has 0 spiro atoms. The van der Waals surface area contributed by atoms with Gasteiger partial charge in [-0.05, 0) is 60.7 Å². The maximum atomic E-state index is 5.79. The predicted molar refractivity (Wildman–Crippen MR) is 80.5 cm³/mol. The minimum Gasteiger partial charge on any atom is -0.389 e. The molecule has 4 heteroatoms. The van der Waals surface area contributed by atoms with Crippen LogP contribution in [0.4, 0.5) is 5.69 Å². The third-order valence-corrected chi connectivity index (χ3v) is 4.18. The number of anilines is 1. The number of hydrogen-bond acceptors (Lipinski definition) is 2. The van der Waals surface area contributed by atoms with Crippen molar-refractivity contribution in [1.82, 2.24) is 0 Å². The molecule has 0 bridgehead atoms. The molecule has 0 radical (unpaired) electrons. The molecule has 3 N–H and O–H groups in total. The lowest BCUT2D eigenvalue weighted by molar-refractivity contribution is 0.494. The monoisotopic (exact) mass is 312 g/mol. The number of rotatable bonds is 4. The second-order valence-corrected chi connectivity index (χ2v) is 6.44. The Kier molecular flexibility index (Phi) is 3.46. The standard InChI is InChI=1S/C13H17BrN2S/c1-13(2,8-6-7-8)16-10-5-3-4-9(14)11(10)12(15)17/h3-5,8,16H,6-7H2,1-2H3,(H2,15,17). The zero-order valence-corrected chi connectivity index (χ0v) is 12.5. The molecule has 0 unspecified atom stereocenters. The number of hydrogen-bond donors (Lipinski definition) is 2. The highest BCUT2D eigenvalue weighted by Crippen LogP contribution is 2.41. The molecule has 1 aliphatic carbocycles. The maximum absolute atomic E-state index is 5.79. The van der Waals surface area contributed by atoms with Crippen LogP contribution in [0.3, 0.4) is 0 Å². The third kappa shape index (κ3) is 2.80. The van der Waals surface area contributed by atoms with Gasteiger partial charge in [0.05, 0.1) is 0 Å². The van der Waals surface area contributed by atoms with E-state index >= 15 is 0 Å². The lowest BCUT2D eigenvalue weighted by atomic mass is 9.97. The molecule has 1 saturated carbocycles. The molecule has 0 amide bonds. The summed E-state index contributed by atoms with van der Waals surface area (Å²) in [5, 5.41) is 3.57. The molecule has 1 fully saturated rings. The van der Waals surface area contributed by atoms with Crippen molar-refractivity contribution in [2.45, 2.75) is 32.2 Å². The van der Waals surface area contributed by atoms with Gasteiger partial charge in [-0.25, -0.2) is 0 Å². The van der Waals surface area contributed by atoms with E-state index < -0.39 is 0 Å². The van der Waals surface area contributed by atoms with E-state index in [-0.39, 0.29) is 5.54 Å². The van der Waals surface area contributed by atoms with E-state index in [4.69, 9.17) is 18.0 Å². The van der Waals surface area contributed by atoms with Crippen LogP contribution in [0.1, 0.15) is 32.3 Å². The van der Waals surface area contributed by atoms with Gasteiger partial charge >= 0.3 is 0 Å². The van der Waals surface area contributed by atoms with Gasteiger partial charge in [0.2, 0.25) is 0 Å². The molecule has 0 saturated heterocycles. The molecule has 0 heterocycles. The fourth-order valence-corrected chi connectivity index (χ4v) is 3.06. The number of halogens is 1. The first kappa shape index (κ1) is 12.8. The molecule has 1 aromatic rings. The highest BCUT2D eigenvalue weighted by atomic mass is 79.9. The summed E-state index contributed by atoms with van der Waals surface area (Å²) in [5.74, 6) is 0.751. The summed E-state index contributed by atoms with van der Waals surface area (Å²) in [7, 11) is 0. The van der Waals surface area contributed by atoms with Crippen molar-refractivity contribution in [2.75, 3.05) is 5.32 Å². The zero-order chi connectivity index (χ0) is 12.6. The fraction of sp³-hybridized carbons (Fsp3) is 0.462. The van der Waals surface area contributed by atoms with Crippen LogP contribution < -0.4 is 11.1 Å². The van der Waals surface area contributed by atoms with E-state index in [0.29, 0.717) is 4.99 Å². The molecule has 17 heavy (non-hydrogen) atoms. The van der Waals surface area contributed by atoms with Gasteiger partial charge in [-0.15, -0.1) is 0 Å². The first-order valence-corrected chi connectivity index (χ1v) is 6.98. The fourth-order valence-electron chi connectivity index (χ4n) is 2.13. The molecule has 2 nitrogen and oxygen atoms in total. The van der Waals surface area contributed by atoms with Crippen molar-refractivity contribution in [3.8, 4) is 0 Å². The summed E-state index contributed by atoms with van der Waals surface area (Å²) in [4.78, 5) is 0.423. The lowest BCUT2D eigenvalue weighted by Crippen LogP contribution is -2.34. The second kappa shape index (κ2) is 4.58. The normalized spacial score (nSPS) is 15.7. The number of nitrogens with two attached hydrogens (primary N) is 1. The zero-order valence-electron chi connectivity index (χ0n) is 10.1. The van der Waals surface area contributed by atoms with E-state index in [9.17, 15) is 0 Å². The number of thiocarbonyl (C=S) groups is 1. The van der Waals surface area contributed by atoms with Gasteiger partial charge in [-0.2, -0.15) is 0 Å². The maximum Gasteiger partial charge on any atom is 0.107 e. The molecule has 0 aliphatic heterocycles. The largest absolute Gasteiger partial charge is 0.389 e. The Hall–Kier alpha value is -0.610. The van der Waals surface area contributed by atoms with Crippen LogP contribution in [-0.2, 0) is 0 Å². The Morgan fingerprint density at radius 3 is 2.65 bits per heavy atom. The van der Waals surface area contributed by atoms with Gasteiger partial charge < -0.3 is 11.1 Å². The molecular weight excluding hydrogens is 296 g/mol. The van der Waals surface area contributed by atoms with Gasteiger partial charge in [0.15, 0.2) is 0 Å². The molecule has 1 aliphatic rings. The molecular formula is C13H17BrN2S. The van der Waals surface area contributed by atoms with Gasteiger partial charge in [-0.3, -0.25) is 0 Å². The van der Waals surface area contributed by atoms with E-state index in [1.807, 2.05) is 18.2 Å². The number of benzene rings is 1. The molecule has 0 atom stereocenters. The Balaban J connectivity index is 2.32. The van der Waals surface area contributed by atoms with Crippen LogP contribution in [-0.4, -0.2) is 10.5 Å². The first-order valence-electron chi connectivity index (χ1n) is 5.78. The van der Waals surface area contributed by atoms with Crippen LogP contribution in [0.25, 0.3) is 0 Å². The van der Waals surface area contributed by atoms with Crippen LogP contribution in [0, 0.1) is 5.92 Å². The first-order chi connectivity index (χ1) is 7.92. The quantitative estimate of drug-likeness (QED) is 0.833. The predicted octanol–water partition coefficient (Wildman–Crippen LogP) is 3.68. The highest BCUT2D eigenvalue weighted by Gasteiger charge is 2.38. The molecule has 0 aromatic heterocycles. The molecule has 1 aromatic carbocycles. The van der Waals surface area contributed by atoms with Crippen molar-refractivity contribution < 1.29 is 0 Å². The lowest BCUT2D eigenvalue weighted by Gasteiger charge is -2.29. The Bertz CT molecular complexity index is 453. The van der Waals surface area contributed by atoms with Crippen molar-refractivity contribution in [1.29, 1.82) is 0 Å². The van der Waals surface area contributed by atoms with Crippen molar-refractivity contribution in [2.24, 2.45) is 11.7 Å². The average Bonchev–Trinajstić information content (AvgIpc) is 2.98. The Labute approximate surface area is 116 Å². The molecule has 2 rings (SSSR count). The summed E-state index contributed by atoms with van der Waals surface area (Å²) in [6.45, 7) is 4.46. The molecule has 92 valence electrons. The highest BCUT2D eigenvalue weighted by molar-refractivity contribution is 9.10. The van der Waals surface area contributed by atoms with Crippen molar-refractivity contribution in [3.63, 3.8) is 0 Å². The second-order valence-electron chi connectivity index (χ2n) is 5.15. The minimum atomic E-state index is 0.0975. The van der Waals surface area contributed by atoms with Crippen molar-refractivity contribution >= 4 is 38.8 Å². The van der Waals surface area contributed by atoms with Crippen LogP contribution in [0.2, 0.25) is 0 Å². The Morgan fingerprint density at radius 1 is 1.47 bits per heavy atom.